The maximum Gasteiger partial charge on any atom is 0.286 e. The van der Waals surface area contributed by atoms with E-state index in [-0.39, 0.29) is 6.10 Å². The molecule has 3 N–H and O–H groups in total. The Balaban J connectivity index is 2.01. The summed E-state index contributed by atoms with van der Waals surface area (Å²) in [6.07, 6.45) is 4.35. The third-order valence-electron chi connectivity index (χ3n) is 3.22. The van der Waals surface area contributed by atoms with Gasteiger partial charge in [-0.3, -0.25) is 20.4 Å². The number of aromatic nitrogens is 1. The van der Waals surface area contributed by atoms with Crippen LogP contribution in [0.1, 0.15) is 29.9 Å². The van der Waals surface area contributed by atoms with E-state index in [4.69, 9.17) is 21.1 Å². The molecule has 1 aromatic carbocycles. The van der Waals surface area contributed by atoms with Crippen LogP contribution in [0.25, 0.3) is 6.08 Å². The van der Waals surface area contributed by atoms with Gasteiger partial charge in [0.2, 0.25) is 0 Å². The van der Waals surface area contributed by atoms with E-state index < -0.39 is 11.8 Å². The van der Waals surface area contributed by atoms with Crippen LogP contribution in [-0.2, 0) is 4.79 Å². The summed E-state index contributed by atoms with van der Waals surface area (Å²) in [6.45, 7) is 3.77. The van der Waals surface area contributed by atoms with Gasteiger partial charge in [-0.05, 0) is 59.6 Å². The number of carbonyl (C=O) groups is 2. The van der Waals surface area contributed by atoms with Crippen molar-refractivity contribution in [2.75, 3.05) is 7.11 Å². The average molecular weight is 457 g/mol. The molecule has 1 aromatic heterocycles. The van der Waals surface area contributed by atoms with Gasteiger partial charge in [-0.15, -0.1) is 0 Å². The van der Waals surface area contributed by atoms with E-state index in [2.05, 4.69) is 31.8 Å². The van der Waals surface area contributed by atoms with E-state index >= 15 is 0 Å². The molecule has 0 aliphatic carbocycles. The quantitative estimate of drug-likeness (QED) is 0.456. The highest BCUT2D eigenvalue weighted by Crippen LogP contribution is 2.37. The number of rotatable bonds is 6. The molecule has 2 rings (SSSR count). The Kier molecular flexibility index (Phi) is 7.32. The first-order valence-corrected chi connectivity index (χ1v) is 9.13. The Morgan fingerprint density at radius 2 is 2.00 bits per heavy atom. The Hall–Kier alpha value is -2.45. The number of carbonyl (C=O) groups excluding carboxylic acids is 2. The highest BCUT2D eigenvalue weighted by atomic mass is 79.9. The second kappa shape index (κ2) is 9.48. The first kappa shape index (κ1) is 20.9. The van der Waals surface area contributed by atoms with Crippen molar-refractivity contribution >= 4 is 45.4 Å². The molecular weight excluding hydrogens is 438 g/mol. The fourth-order valence-electron chi connectivity index (χ4n) is 2.08. The summed E-state index contributed by atoms with van der Waals surface area (Å²) < 4.78 is 11.7. The molecular formula is C18H19BrClN3O4. The van der Waals surface area contributed by atoms with Gasteiger partial charge in [-0.1, -0.05) is 11.6 Å². The second-order valence-corrected chi connectivity index (χ2v) is 7.03. The van der Waals surface area contributed by atoms with Crippen molar-refractivity contribution in [3.63, 3.8) is 0 Å². The Labute approximate surface area is 170 Å². The molecule has 27 heavy (non-hydrogen) atoms. The number of hydrogen-bond donors (Lipinski definition) is 3. The van der Waals surface area contributed by atoms with Gasteiger partial charge in [0.1, 0.15) is 5.69 Å². The van der Waals surface area contributed by atoms with Crippen LogP contribution in [-0.4, -0.2) is 30.0 Å². The van der Waals surface area contributed by atoms with Crippen LogP contribution in [0.5, 0.6) is 11.5 Å². The number of ether oxygens (including phenoxy) is 2. The van der Waals surface area contributed by atoms with E-state index in [9.17, 15) is 9.59 Å². The van der Waals surface area contributed by atoms with Crippen LogP contribution >= 0.6 is 27.5 Å². The van der Waals surface area contributed by atoms with Crippen molar-refractivity contribution in [2.24, 2.45) is 0 Å². The van der Waals surface area contributed by atoms with E-state index in [0.29, 0.717) is 27.8 Å². The molecule has 0 aliphatic heterocycles. The van der Waals surface area contributed by atoms with Gasteiger partial charge < -0.3 is 14.5 Å². The van der Waals surface area contributed by atoms with Gasteiger partial charge in [0.05, 0.1) is 18.2 Å². The second-order valence-electron chi connectivity index (χ2n) is 5.71. The fraction of sp³-hybridized carbons (Fsp3) is 0.222. The zero-order chi connectivity index (χ0) is 20.0. The summed E-state index contributed by atoms with van der Waals surface area (Å²) in [4.78, 5) is 26.5. The van der Waals surface area contributed by atoms with Crippen LogP contribution in [0.15, 0.2) is 34.9 Å². The smallest absolute Gasteiger partial charge is 0.286 e. The zero-order valence-electron chi connectivity index (χ0n) is 14.9. The number of benzene rings is 1. The highest BCUT2D eigenvalue weighted by molar-refractivity contribution is 9.10. The molecule has 0 aliphatic rings. The summed E-state index contributed by atoms with van der Waals surface area (Å²) >= 11 is 9.47. The summed E-state index contributed by atoms with van der Waals surface area (Å²) in [6, 6.07) is 4.94. The predicted octanol–water partition coefficient (Wildman–Crippen LogP) is 3.70. The average Bonchev–Trinajstić information content (AvgIpc) is 3.05. The predicted molar refractivity (Wildman–Crippen MR) is 107 cm³/mol. The molecule has 144 valence electrons. The number of methoxy groups -OCH3 is 1. The molecule has 7 nitrogen and oxygen atoms in total. The molecule has 0 saturated carbocycles. The Bertz CT molecular complexity index is 864. The molecule has 2 aromatic rings. The van der Waals surface area contributed by atoms with Crippen LogP contribution in [0, 0.1) is 0 Å². The molecule has 9 heteroatoms. The first-order valence-electron chi connectivity index (χ1n) is 7.96. The number of nitrogens with one attached hydrogen (secondary N) is 3. The van der Waals surface area contributed by atoms with E-state index in [1.807, 2.05) is 13.8 Å². The van der Waals surface area contributed by atoms with Crippen molar-refractivity contribution < 1.29 is 19.1 Å². The van der Waals surface area contributed by atoms with Gasteiger partial charge in [0, 0.05) is 16.7 Å². The number of hydrazine groups is 1. The van der Waals surface area contributed by atoms with Crippen LogP contribution in [0.3, 0.4) is 0 Å². The number of H-pyrrole nitrogens is 1. The van der Waals surface area contributed by atoms with E-state index in [0.717, 1.165) is 4.47 Å². The normalized spacial score (nSPS) is 10.9. The lowest BCUT2D eigenvalue weighted by Crippen LogP contribution is -2.40. The minimum atomic E-state index is -0.508. The fourth-order valence-corrected chi connectivity index (χ4v) is 2.69. The van der Waals surface area contributed by atoms with E-state index in [1.165, 1.54) is 13.2 Å². The zero-order valence-corrected chi connectivity index (χ0v) is 17.3. The molecule has 0 radical (unpaired) electrons. The molecule has 0 bridgehead atoms. The minimum absolute atomic E-state index is 0.0625. The summed E-state index contributed by atoms with van der Waals surface area (Å²) in [7, 11) is 1.51. The van der Waals surface area contributed by atoms with Crippen molar-refractivity contribution in [1.82, 2.24) is 15.8 Å². The SMILES string of the molecule is COc1cc(/C=C/C(=O)NNC(=O)c2cc(Br)c[nH]2)cc(Cl)c1OC(C)C. The van der Waals surface area contributed by atoms with Crippen molar-refractivity contribution in [1.29, 1.82) is 0 Å². The molecule has 0 fully saturated rings. The van der Waals surface area contributed by atoms with Crippen molar-refractivity contribution in [3.05, 3.63) is 51.2 Å². The minimum Gasteiger partial charge on any atom is -0.493 e. The third-order valence-corrected chi connectivity index (χ3v) is 3.96. The standard InChI is InChI=1S/C18H19BrClN3O4/c1-10(2)27-17-13(20)6-11(7-15(17)26-3)4-5-16(24)22-23-18(25)14-8-12(19)9-21-14/h4-10,21H,1-3H3,(H,22,24)(H,23,25)/b5-4+. The lowest BCUT2D eigenvalue weighted by atomic mass is 10.2. The number of hydrogen-bond acceptors (Lipinski definition) is 4. The van der Waals surface area contributed by atoms with Gasteiger partial charge in [0.15, 0.2) is 11.5 Å². The monoisotopic (exact) mass is 455 g/mol. The lowest BCUT2D eigenvalue weighted by Gasteiger charge is -2.15. The maximum absolute atomic E-state index is 11.9. The Morgan fingerprint density at radius 3 is 2.59 bits per heavy atom. The van der Waals surface area contributed by atoms with Crippen molar-refractivity contribution in [2.45, 2.75) is 20.0 Å². The van der Waals surface area contributed by atoms with Crippen LogP contribution in [0.4, 0.5) is 0 Å². The maximum atomic E-state index is 11.9. The number of amides is 2. The largest absolute Gasteiger partial charge is 0.493 e. The van der Waals surface area contributed by atoms with E-state index in [1.54, 1.807) is 30.5 Å². The summed E-state index contributed by atoms with van der Waals surface area (Å²) in [5.74, 6) is -0.0732. The number of halogens is 2. The molecule has 0 spiro atoms. The van der Waals surface area contributed by atoms with Crippen LogP contribution in [0.2, 0.25) is 5.02 Å². The van der Waals surface area contributed by atoms with Gasteiger partial charge in [-0.2, -0.15) is 0 Å². The molecule has 1 heterocycles. The lowest BCUT2D eigenvalue weighted by molar-refractivity contribution is -0.117. The molecule has 2 amide bonds. The number of aromatic amines is 1. The molecule has 0 saturated heterocycles. The Morgan fingerprint density at radius 1 is 1.26 bits per heavy atom. The van der Waals surface area contributed by atoms with Gasteiger partial charge in [-0.25, -0.2) is 0 Å². The molecule has 0 unspecified atom stereocenters. The highest BCUT2D eigenvalue weighted by Gasteiger charge is 2.13. The summed E-state index contributed by atoms with van der Waals surface area (Å²) in [5.41, 5.74) is 5.54. The van der Waals surface area contributed by atoms with Crippen LogP contribution < -0.4 is 20.3 Å². The van der Waals surface area contributed by atoms with Gasteiger partial charge in [0.25, 0.3) is 11.8 Å². The first-order chi connectivity index (χ1) is 12.8. The third kappa shape index (κ3) is 6.04. The van der Waals surface area contributed by atoms with Gasteiger partial charge >= 0.3 is 0 Å². The topological polar surface area (TPSA) is 92.5 Å². The van der Waals surface area contributed by atoms with Crippen molar-refractivity contribution in [3.8, 4) is 11.5 Å². The summed E-state index contributed by atoms with van der Waals surface area (Å²) in [5, 5.41) is 0.369. The molecule has 0 atom stereocenters.